The molecular formula is C24H27NO4. The van der Waals surface area contributed by atoms with E-state index in [0.717, 1.165) is 17.7 Å². The summed E-state index contributed by atoms with van der Waals surface area (Å²) in [5.41, 5.74) is 1.85. The maximum atomic E-state index is 13.0. The molecule has 152 valence electrons. The van der Waals surface area contributed by atoms with Crippen LogP contribution >= 0.6 is 0 Å². The highest BCUT2D eigenvalue weighted by Crippen LogP contribution is 2.40. The topological polar surface area (TPSA) is 64.6 Å². The minimum atomic E-state index is -0.594. The van der Waals surface area contributed by atoms with Crippen molar-refractivity contribution < 1.29 is 19.1 Å². The molecule has 0 bridgehead atoms. The van der Waals surface area contributed by atoms with Gasteiger partial charge in [-0.2, -0.15) is 0 Å². The standard InChI is InChI=1S/C24H27NO4/c1-28-23(26)20-16-10-9-15-19(20)21(24(27)29-2)22(17-11-5-3-6-12-17)25-18-13-7-4-8-14-18/h3-9,11-15,19-22,25H,10,16H2,1-2H3/t19-,20+,21+,22+/m0/s1. The predicted octanol–water partition coefficient (Wildman–Crippen LogP) is 4.38. The number of hydrogen-bond acceptors (Lipinski definition) is 5. The number of benzene rings is 2. The van der Waals surface area contributed by atoms with Crippen LogP contribution in [0.5, 0.6) is 0 Å². The second-order valence-electron chi connectivity index (χ2n) is 7.16. The fraction of sp³-hybridized carbons (Fsp3) is 0.333. The highest BCUT2D eigenvalue weighted by Gasteiger charge is 2.43. The van der Waals surface area contributed by atoms with E-state index in [0.29, 0.717) is 6.42 Å². The van der Waals surface area contributed by atoms with E-state index in [9.17, 15) is 9.59 Å². The first-order valence-corrected chi connectivity index (χ1v) is 9.84. The Morgan fingerprint density at radius 3 is 2.24 bits per heavy atom. The fourth-order valence-corrected chi connectivity index (χ4v) is 4.06. The molecule has 0 saturated heterocycles. The molecule has 3 rings (SSSR count). The van der Waals surface area contributed by atoms with Crippen LogP contribution < -0.4 is 5.32 Å². The molecular weight excluding hydrogens is 366 g/mol. The van der Waals surface area contributed by atoms with Gasteiger partial charge in [-0.3, -0.25) is 9.59 Å². The zero-order valence-electron chi connectivity index (χ0n) is 16.8. The lowest BCUT2D eigenvalue weighted by Gasteiger charge is -2.36. The second-order valence-corrected chi connectivity index (χ2v) is 7.16. The Balaban J connectivity index is 2.06. The van der Waals surface area contributed by atoms with E-state index in [2.05, 4.69) is 5.32 Å². The molecule has 5 heteroatoms. The number of rotatable bonds is 7. The summed E-state index contributed by atoms with van der Waals surface area (Å²) < 4.78 is 10.2. The van der Waals surface area contributed by atoms with Crippen LogP contribution in [-0.4, -0.2) is 26.2 Å². The van der Waals surface area contributed by atoms with Crippen LogP contribution in [0.25, 0.3) is 0 Å². The van der Waals surface area contributed by atoms with Crippen molar-refractivity contribution in [3.63, 3.8) is 0 Å². The summed E-state index contributed by atoms with van der Waals surface area (Å²) in [6.45, 7) is 0. The van der Waals surface area contributed by atoms with Crippen molar-refractivity contribution in [1.29, 1.82) is 0 Å². The van der Waals surface area contributed by atoms with Crippen LogP contribution in [0.15, 0.2) is 72.8 Å². The second kappa shape index (κ2) is 9.92. The molecule has 1 aliphatic carbocycles. The average molecular weight is 393 g/mol. The highest BCUT2D eigenvalue weighted by molar-refractivity contribution is 5.78. The van der Waals surface area contributed by atoms with Crippen molar-refractivity contribution in [2.24, 2.45) is 17.8 Å². The third-order valence-corrected chi connectivity index (χ3v) is 5.47. The number of methoxy groups -OCH3 is 2. The van der Waals surface area contributed by atoms with Crippen molar-refractivity contribution in [2.45, 2.75) is 18.9 Å². The van der Waals surface area contributed by atoms with Crippen molar-refractivity contribution in [3.05, 3.63) is 78.4 Å². The minimum Gasteiger partial charge on any atom is -0.469 e. The average Bonchev–Trinajstić information content (AvgIpc) is 2.79. The van der Waals surface area contributed by atoms with E-state index in [1.54, 1.807) is 0 Å². The predicted molar refractivity (Wildman–Crippen MR) is 112 cm³/mol. The molecule has 0 aliphatic heterocycles. The van der Waals surface area contributed by atoms with Crippen molar-refractivity contribution in [3.8, 4) is 0 Å². The lowest BCUT2D eigenvalue weighted by molar-refractivity contribution is -0.153. The number of esters is 2. The van der Waals surface area contributed by atoms with E-state index in [1.807, 2.05) is 72.8 Å². The van der Waals surface area contributed by atoms with Gasteiger partial charge < -0.3 is 14.8 Å². The van der Waals surface area contributed by atoms with E-state index < -0.39 is 11.8 Å². The Hall–Kier alpha value is -3.08. The van der Waals surface area contributed by atoms with Gasteiger partial charge in [0, 0.05) is 11.6 Å². The molecule has 2 aromatic carbocycles. The number of carbonyl (C=O) groups excluding carboxylic acids is 2. The molecule has 0 saturated carbocycles. The Bertz CT molecular complexity index is 834. The normalized spacial score (nSPS) is 20.3. The molecule has 0 amide bonds. The molecule has 0 aromatic heterocycles. The zero-order chi connectivity index (χ0) is 20.6. The quantitative estimate of drug-likeness (QED) is 0.558. The Labute approximate surface area is 171 Å². The number of ether oxygens (including phenoxy) is 2. The smallest absolute Gasteiger partial charge is 0.311 e. The molecule has 0 heterocycles. The number of carbonyl (C=O) groups is 2. The number of para-hydroxylation sites is 1. The lowest BCUT2D eigenvalue weighted by Crippen LogP contribution is -2.40. The maximum Gasteiger partial charge on any atom is 0.311 e. The first-order chi connectivity index (χ1) is 14.2. The van der Waals surface area contributed by atoms with Gasteiger partial charge in [0.05, 0.1) is 32.1 Å². The SMILES string of the molecule is COC(=O)[C@H]([C@H]1C=CCC[C@H]1C(=O)OC)[C@H](Nc1ccccc1)c1ccccc1. The molecule has 0 radical (unpaired) electrons. The highest BCUT2D eigenvalue weighted by atomic mass is 16.5. The first kappa shape index (κ1) is 20.6. The van der Waals surface area contributed by atoms with Crippen LogP contribution in [0.3, 0.4) is 0 Å². The third kappa shape index (κ3) is 4.86. The van der Waals surface area contributed by atoms with Gasteiger partial charge in [0.15, 0.2) is 0 Å². The molecule has 5 nitrogen and oxygen atoms in total. The molecule has 0 unspecified atom stereocenters. The Morgan fingerprint density at radius 1 is 0.966 bits per heavy atom. The van der Waals surface area contributed by atoms with E-state index >= 15 is 0 Å². The Kier molecular flexibility index (Phi) is 7.06. The zero-order valence-corrected chi connectivity index (χ0v) is 16.8. The van der Waals surface area contributed by atoms with Crippen molar-refractivity contribution in [2.75, 3.05) is 19.5 Å². The summed E-state index contributed by atoms with van der Waals surface area (Å²) in [7, 11) is 2.78. The first-order valence-electron chi connectivity index (χ1n) is 9.84. The molecule has 29 heavy (non-hydrogen) atoms. The van der Waals surface area contributed by atoms with Gasteiger partial charge >= 0.3 is 11.9 Å². The molecule has 1 aliphatic rings. The van der Waals surface area contributed by atoms with Gasteiger partial charge in [0.1, 0.15) is 0 Å². The lowest BCUT2D eigenvalue weighted by atomic mass is 9.72. The largest absolute Gasteiger partial charge is 0.469 e. The van der Waals surface area contributed by atoms with E-state index in [-0.39, 0.29) is 23.9 Å². The number of anilines is 1. The monoisotopic (exact) mass is 393 g/mol. The summed E-state index contributed by atoms with van der Waals surface area (Å²) in [4.78, 5) is 25.5. The van der Waals surface area contributed by atoms with Crippen molar-refractivity contribution >= 4 is 17.6 Å². The van der Waals surface area contributed by atoms with Gasteiger partial charge in [-0.1, -0.05) is 60.7 Å². The minimum absolute atomic E-state index is 0.292. The fourth-order valence-electron chi connectivity index (χ4n) is 4.06. The molecule has 0 fully saturated rings. The third-order valence-electron chi connectivity index (χ3n) is 5.47. The van der Waals surface area contributed by atoms with Gasteiger partial charge in [-0.15, -0.1) is 0 Å². The van der Waals surface area contributed by atoms with Crippen LogP contribution in [0, 0.1) is 17.8 Å². The number of allylic oxidation sites excluding steroid dienone is 2. The molecule has 0 spiro atoms. The molecule has 2 aromatic rings. The van der Waals surface area contributed by atoms with Gasteiger partial charge in [0.25, 0.3) is 0 Å². The van der Waals surface area contributed by atoms with Gasteiger partial charge in [-0.05, 0) is 30.5 Å². The maximum absolute atomic E-state index is 13.0. The summed E-state index contributed by atoms with van der Waals surface area (Å²) in [6, 6.07) is 19.2. The van der Waals surface area contributed by atoms with Gasteiger partial charge in [-0.25, -0.2) is 0 Å². The number of hydrogen-bond donors (Lipinski definition) is 1. The molecule has 1 N–H and O–H groups in total. The summed E-state index contributed by atoms with van der Waals surface area (Å²) in [6.07, 6.45) is 5.43. The van der Waals surface area contributed by atoms with Crippen LogP contribution in [0.1, 0.15) is 24.4 Å². The summed E-state index contributed by atoms with van der Waals surface area (Å²) in [5.74, 6) is -1.96. The number of nitrogens with one attached hydrogen (secondary N) is 1. The van der Waals surface area contributed by atoms with Crippen LogP contribution in [-0.2, 0) is 19.1 Å². The Morgan fingerprint density at radius 2 is 1.62 bits per heavy atom. The molecule has 4 atom stereocenters. The van der Waals surface area contributed by atoms with Crippen LogP contribution in [0.4, 0.5) is 5.69 Å². The summed E-state index contributed by atoms with van der Waals surface area (Å²) in [5, 5.41) is 3.50. The van der Waals surface area contributed by atoms with Crippen molar-refractivity contribution in [1.82, 2.24) is 0 Å². The summed E-state index contributed by atoms with van der Waals surface area (Å²) >= 11 is 0. The van der Waals surface area contributed by atoms with Gasteiger partial charge in [0.2, 0.25) is 0 Å². The van der Waals surface area contributed by atoms with Crippen LogP contribution in [0.2, 0.25) is 0 Å². The van der Waals surface area contributed by atoms with E-state index in [1.165, 1.54) is 14.2 Å². The van der Waals surface area contributed by atoms with E-state index in [4.69, 9.17) is 9.47 Å².